The fraction of sp³-hybridized carbons (Fsp3) is 0.130. The molecule has 3 aromatic rings. The van der Waals surface area contributed by atoms with E-state index in [1.54, 1.807) is 30.3 Å². The van der Waals surface area contributed by atoms with Crippen LogP contribution in [0.1, 0.15) is 27.4 Å². The number of nitriles is 1. The van der Waals surface area contributed by atoms with Crippen molar-refractivity contribution >= 4 is 18.7 Å². The number of nitrogens with zero attached hydrogens (tertiary/aromatic N) is 1. The normalized spacial score (nSPS) is 15.8. The molecular weight excluding hydrogens is 349 g/mol. The van der Waals surface area contributed by atoms with E-state index in [0.29, 0.717) is 35.2 Å². The number of carbonyl (C=O) groups is 1. The smallest absolute Gasteiger partial charge is 0.328 e. The van der Waals surface area contributed by atoms with Crippen LogP contribution in [0.5, 0.6) is 11.5 Å². The molecule has 4 rings (SSSR count). The second-order valence-electron chi connectivity index (χ2n) is 6.81. The first-order valence-electron chi connectivity index (χ1n) is 9.20. The molecule has 28 heavy (non-hydrogen) atoms. The molecule has 1 fully saturated rings. The van der Waals surface area contributed by atoms with Crippen LogP contribution in [0.15, 0.2) is 72.8 Å². The highest BCUT2D eigenvalue weighted by molar-refractivity contribution is 6.69. The van der Waals surface area contributed by atoms with Gasteiger partial charge in [0.25, 0.3) is 0 Å². The van der Waals surface area contributed by atoms with Crippen LogP contribution in [0.2, 0.25) is 6.32 Å². The van der Waals surface area contributed by atoms with Gasteiger partial charge in [-0.2, -0.15) is 5.26 Å². The zero-order chi connectivity index (χ0) is 19.3. The van der Waals surface area contributed by atoms with Crippen LogP contribution in [0.3, 0.4) is 0 Å². The van der Waals surface area contributed by atoms with E-state index in [1.165, 1.54) is 5.56 Å². The summed E-state index contributed by atoms with van der Waals surface area (Å²) in [6.07, 6.45) is 1.70. The number of hydrogen-bond donors (Lipinski definition) is 0. The molecule has 3 aromatic carbocycles. The van der Waals surface area contributed by atoms with Crippen LogP contribution in [0, 0.1) is 11.3 Å². The van der Waals surface area contributed by atoms with Gasteiger partial charge in [0.15, 0.2) is 0 Å². The van der Waals surface area contributed by atoms with Gasteiger partial charge in [0.2, 0.25) is 0 Å². The fourth-order valence-electron chi connectivity index (χ4n) is 3.55. The summed E-state index contributed by atoms with van der Waals surface area (Å²) in [6, 6.07) is 24.7. The van der Waals surface area contributed by atoms with Crippen LogP contribution in [0.4, 0.5) is 0 Å². The molecule has 5 heteroatoms. The van der Waals surface area contributed by atoms with Crippen molar-refractivity contribution in [2.45, 2.75) is 12.2 Å². The SMILES string of the molecule is N#Cc1ccc(Oc2ccc(B3CC(c4ccccc4)CO3)c(C=O)c2)cc1. The Morgan fingerprint density at radius 3 is 2.50 bits per heavy atom. The number of carbonyl (C=O) groups excluding carboxylic acids is 1. The lowest BCUT2D eigenvalue weighted by atomic mass is 9.56. The van der Waals surface area contributed by atoms with Crippen molar-refractivity contribution in [3.05, 3.63) is 89.5 Å². The molecule has 1 atom stereocenters. The lowest BCUT2D eigenvalue weighted by Gasteiger charge is -2.12. The first kappa shape index (κ1) is 18.0. The van der Waals surface area contributed by atoms with E-state index in [2.05, 4.69) is 18.2 Å². The maximum atomic E-state index is 11.7. The van der Waals surface area contributed by atoms with Gasteiger partial charge in [-0.1, -0.05) is 36.4 Å². The summed E-state index contributed by atoms with van der Waals surface area (Å²) >= 11 is 0. The summed E-state index contributed by atoms with van der Waals surface area (Å²) in [6.45, 7) is 0.547. The molecular formula is C23H18BNO3. The Bertz CT molecular complexity index is 1010. The molecule has 0 bridgehead atoms. The van der Waals surface area contributed by atoms with E-state index < -0.39 is 0 Å². The Kier molecular flexibility index (Phi) is 5.23. The summed E-state index contributed by atoms with van der Waals surface area (Å²) in [5, 5.41) is 8.87. The van der Waals surface area contributed by atoms with Gasteiger partial charge in [-0.3, -0.25) is 4.79 Å². The summed E-state index contributed by atoms with van der Waals surface area (Å²) in [4.78, 5) is 11.7. The van der Waals surface area contributed by atoms with Gasteiger partial charge in [0.1, 0.15) is 17.8 Å². The highest BCUT2D eigenvalue weighted by atomic mass is 16.5. The van der Waals surface area contributed by atoms with Crippen molar-refractivity contribution in [3.63, 3.8) is 0 Å². The van der Waals surface area contributed by atoms with E-state index in [4.69, 9.17) is 14.7 Å². The van der Waals surface area contributed by atoms with Crippen molar-refractivity contribution in [2.75, 3.05) is 6.61 Å². The van der Waals surface area contributed by atoms with E-state index >= 15 is 0 Å². The molecule has 0 aliphatic carbocycles. The summed E-state index contributed by atoms with van der Waals surface area (Å²) in [5.74, 6) is 1.53. The molecule has 0 N–H and O–H groups in total. The van der Waals surface area contributed by atoms with Crippen molar-refractivity contribution < 1.29 is 14.2 Å². The molecule has 0 saturated carbocycles. The second kappa shape index (κ2) is 8.12. The van der Waals surface area contributed by atoms with Gasteiger partial charge in [0, 0.05) is 18.1 Å². The van der Waals surface area contributed by atoms with Crippen LogP contribution in [-0.4, -0.2) is 19.8 Å². The van der Waals surface area contributed by atoms with E-state index in [0.717, 1.165) is 18.1 Å². The Hall–Kier alpha value is -3.36. The van der Waals surface area contributed by atoms with Crippen molar-refractivity contribution in [2.24, 2.45) is 0 Å². The maximum absolute atomic E-state index is 11.7. The van der Waals surface area contributed by atoms with Gasteiger partial charge in [-0.15, -0.1) is 0 Å². The lowest BCUT2D eigenvalue weighted by molar-refractivity contribution is 0.112. The highest BCUT2D eigenvalue weighted by Crippen LogP contribution is 2.29. The Morgan fingerprint density at radius 2 is 1.79 bits per heavy atom. The Balaban J connectivity index is 1.51. The number of ether oxygens (including phenoxy) is 1. The molecule has 4 nitrogen and oxygen atoms in total. The van der Waals surface area contributed by atoms with Gasteiger partial charge in [0.05, 0.1) is 11.6 Å². The summed E-state index contributed by atoms with van der Waals surface area (Å²) in [7, 11) is 0. The van der Waals surface area contributed by atoms with Crippen molar-refractivity contribution in [3.8, 4) is 17.6 Å². The standard InChI is InChI=1S/C23H18BNO3/c25-14-17-6-8-21(9-7-17)28-22-10-11-23(19(12-22)15-26)24-13-20(16-27-24)18-4-2-1-3-5-18/h1-12,15,20H,13,16H2. The van der Waals surface area contributed by atoms with Crippen molar-refractivity contribution in [1.29, 1.82) is 5.26 Å². The molecule has 1 aliphatic rings. The van der Waals surface area contributed by atoms with Gasteiger partial charge in [-0.05, 0) is 53.7 Å². The van der Waals surface area contributed by atoms with Gasteiger partial charge in [-0.25, -0.2) is 0 Å². The fourth-order valence-corrected chi connectivity index (χ4v) is 3.55. The molecule has 0 aromatic heterocycles. The molecule has 1 aliphatic heterocycles. The van der Waals surface area contributed by atoms with E-state index in [1.807, 2.05) is 30.3 Å². The third-order valence-electron chi connectivity index (χ3n) is 5.02. The molecule has 0 spiro atoms. The maximum Gasteiger partial charge on any atom is 0.328 e. The summed E-state index contributed by atoms with van der Waals surface area (Å²) < 4.78 is 11.8. The topological polar surface area (TPSA) is 59.3 Å². The van der Waals surface area contributed by atoms with Crippen LogP contribution >= 0.6 is 0 Å². The molecule has 0 radical (unpaired) electrons. The minimum Gasteiger partial charge on any atom is -0.457 e. The molecule has 1 saturated heterocycles. The molecule has 136 valence electrons. The molecule has 0 amide bonds. The average Bonchev–Trinajstić information content (AvgIpc) is 3.25. The van der Waals surface area contributed by atoms with Gasteiger partial charge < -0.3 is 9.39 Å². The first-order chi connectivity index (χ1) is 13.8. The molecule has 1 unspecified atom stereocenters. The highest BCUT2D eigenvalue weighted by Gasteiger charge is 2.33. The van der Waals surface area contributed by atoms with Crippen LogP contribution in [-0.2, 0) is 4.65 Å². The monoisotopic (exact) mass is 367 g/mol. The third kappa shape index (κ3) is 3.83. The van der Waals surface area contributed by atoms with E-state index in [9.17, 15) is 4.79 Å². The number of hydrogen-bond acceptors (Lipinski definition) is 4. The lowest BCUT2D eigenvalue weighted by Crippen LogP contribution is -2.32. The average molecular weight is 367 g/mol. The van der Waals surface area contributed by atoms with E-state index in [-0.39, 0.29) is 6.92 Å². The largest absolute Gasteiger partial charge is 0.457 e. The van der Waals surface area contributed by atoms with Crippen LogP contribution < -0.4 is 10.2 Å². The predicted octanol–water partition coefficient (Wildman–Crippen LogP) is 4.18. The minimum absolute atomic E-state index is 0.102. The zero-order valence-corrected chi connectivity index (χ0v) is 15.2. The Labute approximate surface area is 164 Å². The molecule has 1 heterocycles. The van der Waals surface area contributed by atoms with Gasteiger partial charge >= 0.3 is 6.92 Å². The van der Waals surface area contributed by atoms with Crippen LogP contribution in [0.25, 0.3) is 0 Å². The van der Waals surface area contributed by atoms with Crippen molar-refractivity contribution in [1.82, 2.24) is 0 Å². The third-order valence-corrected chi connectivity index (χ3v) is 5.02. The number of benzene rings is 3. The first-order valence-corrected chi connectivity index (χ1v) is 9.20. The second-order valence-corrected chi connectivity index (χ2v) is 6.81. The number of rotatable bonds is 5. The number of aldehydes is 1. The minimum atomic E-state index is -0.102. The zero-order valence-electron chi connectivity index (χ0n) is 15.2. The summed E-state index contributed by atoms with van der Waals surface area (Å²) in [5.41, 5.74) is 3.30. The quantitative estimate of drug-likeness (QED) is 0.502. The Morgan fingerprint density at radius 1 is 1.04 bits per heavy atom. The predicted molar refractivity (Wildman–Crippen MR) is 108 cm³/mol.